The van der Waals surface area contributed by atoms with Crippen LogP contribution in [0.3, 0.4) is 0 Å². The quantitative estimate of drug-likeness (QED) is 0.642. The van der Waals surface area contributed by atoms with Crippen LogP contribution in [-0.4, -0.2) is 37.4 Å². The molecule has 0 fully saturated rings. The molecule has 0 unspecified atom stereocenters. The van der Waals surface area contributed by atoms with Gasteiger partial charge in [0.05, 0.1) is 12.1 Å². The molecule has 0 atom stereocenters. The molecule has 0 saturated carbocycles. The van der Waals surface area contributed by atoms with E-state index in [2.05, 4.69) is 16.0 Å². The third-order valence-corrected chi connectivity index (χ3v) is 3.62. The Morgan fingerprint density at radius 3 is 2.19 bits per heavy atom. The summed E-state index contributed by atoms with van der Waals surface area (Å²) in [6.07, 6.45) is 0. The van der Waals surface area contributed by atoms with E-state index in [0.29, 0.717) is 10.6 Å². The molecule has 0 aliphatic carbocycles. The zero-order chi connectivity index (χ0) is 18.9. The lowest BCUT2D eigenvalue weighted by Gasteiger charge is -2.08. The average molecular weight is 378 g/mol. The van der Waals surface area contributed by atoms with Crippen LogP contribution in [-0.2, 0) is 4.79 Å². The fourth-order valence-electron chi connectivity index (χ4n) is 2.04. The average Bonchev–Trinajstić information content (AvgIpc) is 2.64. The van der Waals surface area contributed by atoms with Crippen LogP contribution in [0.25, 0.3) is 0 Å². The van der Waals surface area contributed by atoms with Gasteiger partial charge in [-0.05, 0) is 36.4 Å². The van der Waals surface area contributed by atoms with Crippen LogP contribution < -0.4 is 16.0 Å². The Labute approximate surface area is 154 Å². The molecule has 3 amide bonds. The summed E-state index contributed by atoms with van der Waals surface area (Å²) in [5, 5.41) is 8.04. The molecule has 0 aliphatic rings. The molecule has 2 rings (SSSR count). The Morgan fingerprint density at radius 1 is 0.846 bits per heavy atom. The minimum Gasteiger partial charge on any atom is -0.353 e. The van der Waals surface area contributed by atoms with Crippen molar-refractivity contribution >= 4 is 29.3 Å². The van der Waals surface area contributed by atoms with Gasteiger partial charge in [0.25, 0.3) is 11.8 Å². The van der Waals surface area contributed by atoms with Gasteiger partial charge in [-0.2, -0.15) is 0 Å². The number of carbonyl (C=O) groups is 3. The first-order valence-electron chi connectivity index (χ1n) is 7.80. The molecule has 0 bridgehead atoms. The summed E-state index contributed by atoms with van der Waals surface area (Å²) in [7, 11) is 0. The van der Waals surface area contributed by atoms with E-state index in [1.165, 1.54) is 24.3 Å². The van der Waals surface area contributed by atoms with Gasteiger partial charge in [0.15, 0.2) is 0 Å². The highest BCUT2D eigenvalue weighted by Gasteiger charge is 2.11. The van der Waals surface area contributed by atoms with Crippen molar-refractivity contribution in [3.63, 3.8) is 0 Å². The Morgan fingerprint density at radius 2 is 1.50 bits per heavy atom. The van der Waals surface area contributed by atoms with Gasteiger partial charge in [0.1, 0.15) is 5.82 Å². The minimum absolute atomic E-state index is 0.129. The molecule has 8 heteroatoms. The van der Waals surface area contributed by atoms with Crippen LogP contribution in [0.2, 0.25) is 5.02 Å². The van der Waals surface area contributed by atoms with E-state index in [9.17, 15) is 18.8 Å². The second-order valence-electron chi connectivity index (χ2n) is 5.28. The Bertz CT molecular complexity index is 797. The lowest BCUT2D eigenvalue weighted by Crippen LogP contribution is -2.40. The molecule has 0 aromatic heterocycles. The number of halogens is 2. The fourth-order valence-corrected chi connectivity index (χ4v) is 2.17. The van der Waals surface area contributed by atoms with Crippen LogP contribution >= 0.6 is 11.6 Å². The van der Waals surface area contributed by atoms with E-state index in [-0.39, 0.29) is 31.1 Å². The number of carbonyl (C=O) groups excluding carboxylic acids is 3. The number of hydrogen-bond acceptors (Lipinski definition) is 3. The predicted molar refractivity (Wildman–Crippen MR) is 95.5 cm³/mol. The summed E-state index contributed by atoms with van der Waals surface area (Å²) in [5.41, 5.74) is 0.327. The number of hydrogen-bond donors (Lipinski definition) is 3. The van der Waals surface area contributed by atoms with Crippen molar-refractivity contribution < 1.29 is 18.8 Å². The summed E-state index contributed by atoms with van der Waals surface area (Å²) < 4.78 is 13.4. The molecule has 0 saturated heterocycles. The van der Waals surface area contributed by atoms with Crippen molar-refractivity contribution in [2.45, 2.75) is 0 Å². The highest BCUT2D eigenvalue weighted by atomic mass is 35.5. The van der Waals surface area contributed by atoms with Gasteiger partial charge in [0.2, 0.25) is 5.91 Å². The largest absolute Gasteiger partial charge is 0.353 e. The molecule has 0 aliphatic heterocycles. The first-order chi connectivity index (χ1) is 12.5. The van der Waals surface area contributed by atoms with Crippen LogP contribution in [0.1, 0.15) is 20.7 Å². The Kier molecular flexibility index (Phi) is 7.11. The van der Waals surface area contributed by atoms with E-state index in [1.807, 2.05) is 0 Å². The summed E-state index contributed by atoms with van der Waals surface area (Å²) in [6.45, 7) is 0.112. The van der Waals surface area contributed by atoms with Crippen molar-refractivity contribution in [2.24, 2.45) is 0 Å². The molecular formula is C18H17ClFN3O3. The minimum atomic E-state index is -0.672. The zero-order valence-corrected chi connectivity index (χ0v) is 14.5. The molecule has 2 aromatic rings. The highest BCUT2D eigenvalue weighted by molar-refractivity contribution is 6.30. The van der Waals surface area contributed by atoms with Gasteiger partial charge in [-0.15, -0.1) is 0 Å². The van der Waals surface area contributed by atoms with Gasteiger partial charge in [-0.1, -0.05) is 23.7 Å². The SMILES string of the molecule is O=C(CNC(=O)c1ccccc1F)NCCNC(=O)c1ccc(Cl)cc1. The van der Waals surface area contributed by atoms with E-state index < -0.39 is 17.6 Å². The van der Waals surface area contributed by atoms with Crippen LogP contribution in [0.4, 0.5) is 4.39 Å². The summed E-state index contributed by atoms with van der Waals surface area (Å²) in [4.78, 5) is 35.3. The maximum absolute atomic E-state index is 13.4. The molecule has 0 heterocycles. The number of nitrogens with one attached hydrogen (secondary N) is 3. The van der Waals surface area contributed by atoms with E-state index in [0.717, 1.165) is 0 Å². The zero-order valence-electron chi connectivity index (χ0n) is 13.7. The molecular weight excluding hydrogens is 361 g/mol. The Balaban J connectivity index is 1.66. The van der Waals surface area contributed by atoms with Gasteiger partial charge < -0.3 is 16.0 Å². The summed E-state index contributed by atoms with van der Waals surface area (Å²) in [6, 6.07) is 11.9. The molecule has 6 nitrogen and oxygen atoms in total. The van der Waals surface area contributed by atoms with E-state index >= 15 is 0 Å². The van der Waals surface area contributed by atoms with E-state index in [1.54, 1.807) is 24.3 Å². The van der Waals surface area contributed by atoms with Crippen molar-refractivity contribution in [3.8, 4) is 0 Å². The number of amides is 3. The second kappa shape index (κ2) is 9.53. The monoisotopic (exact) mass is 377 g/mol. The highest BCUT2D eigenvalue weighted by Crippen LogP contribution is 2.09. The van der Waals surface area contributed by atoms with Gasteiger partial charge in [0, 0.05) is 23.7 Å². The smallest absolute Gasteiger partial charge is 0.254 e. The van der Waals surface area contributed by atoms with Gasteiger partial charge in [-0.3, -0.25) is 14.4 Å². The lowest BCUT2D eigenvalue weighted by molar-refractivity contribution is -0.120. The molecule has 3 N–H and O–H groups in total. The standard InChI is InChI=1S/C18H17ClFN3O3/c19-13-7-5-12(6-8-13)17(25)22-10-9-21-16(24)11-23-18(26)14-3-1-2-4-15(14)20/h1-8H,9-11H2,(H,21,24)(H,22,25)(H,23,26). The first-order valence-corrected chi connectivity index (χ1v) is 8.18. The third kappa shape index (κ3) is 5.86. The normalized spacial score (nSPS) is 10.1. The maximum Gasteiger partial charge on any atom is 0.254 e. The summed E-state index contributed by atoms with van der Waals surface area (Å²) in [5.74, 6) is -2.07. The molecule has 26 heavy (non-hydrogen) atoms. The van der Waals surface area contributed by atoms with Gasteiger partial charge in [-0.25, -0.2) is 4.39 Å². The molecule has 0 spiro atoms. The van der Waals surface area contributed by atoms with Crippen molar-refractivity contribution in [3.05, 3.63) is 70.5 Å². The van der Waals surface area contributed by atoms with E-state index in [4.69, 9.17) is 11.6 Å². The van der Waals surface area contributed by atoms with Crippen LogP contribution in [0.15, 0.2) is 48.5 Å². The van der Waals surface area contributed by atoms with Gasteiger partial charge >= 0.3 is 0 Å². The first kappa shape index (κ1) is 19.4. The molecule has 2 aromatic carbocycles. The number of benzene rings is 2. The lowest BCUT2D eigenvalue weighted by atomic mass is 10.2. The van der Waals surface area contributed by atoms with Crippen LogP contribution in [0.5, 0.6) is 0 Å². The topological polar surface area (TPSA) is 87.3 Å². The Hall–Kier alpha value is -2.93. The third-order valence-electron chi connectivity index (χ3n) is 3.37. The maximum atomic E-state index is 13.4. The predicted octanol–water partition coefficient (Wildman–Crippen LogP) is 1.76. The van der Waals surface area contributed by atoms with Crippen molar-refractivity contribution in [1.82, 2.24) is 16.0 Å². The summed E-state index contributed by atoms with van der Waals surface area (Å²) >= 11 is 5.75. The molecule has 0 radical (unpaired) electrons. The van der Waals surface area contributed by atoms with Crippen molar-refractivity contribution in [1.29, 1.82) is 0 Å². The fraction of sp³-hybridized carbons (Fsp3) is 0.167. The van der Waals surface area contributed by atoms with Crippen molar-refractivity contribution in [2.75, 3.05) is 19.6 Å². The van der Waals surface area contributed by atoms with Crippen LogP contribution in [0, 0.1) is 5.82 Å². The molecule has 136 valence electrons. The second-order valence-corrected chi connectivity index (χ2v) is 5.71. The number of rotatable bonds is 7.